The lowest BCUT2D eigenvalue weighted by atomic mass is 10.2. The molecule has 0 unspecified atom stereocenters. The van der Waals surface area contributed by atoms with Crippen LogP contribution in [-0.4, -0.2) is 13.3 Å². The van der Waals surface area contributed by atoms with E-state index in [0.717, 1.165) is 0 Å². The molecule has 10 heavy (non-hydrogen) atoms. The van der Waals surface area contributed by atoms with E-state index in [0.29, 0.717) is 0 Å². The molecule has 54 valence electrons. The van der Waals surface area contributed by atoms with Gasteiger partial charge in [-0.3, -0.25) is 4.99 Å². The fraction of sp³-hybridized carbons (Fsp3) is 0.222. The largest absolute Gasteiger partial charge is 0.297 e. The molecule has 0 rings (SSSR count). The number of aliphatic imine (C=N–C) groups is 1. The number of hydrogen-bond acceptors (Lipinski definition) is 1. The summed E-state index contributed by atoms with van der Waals surface area (Å²) in [6, 6.07) is 0. The van der Waals surface area contributed by atoms with Crippen LogP contribution in [0.25, 0.3) is 0 Å². The van der Waals surface area contributed by atoms with Gasteiger partial charge in [0.15, 0.2) is 0 Å². The fourth-order valence-corrected chi connectivity index (χ4v) is 0.467. The quantitative estimate of drug-likeness (QED) is 0.416. The maximum absolute atomic E-state index is 3.82. The van der Waals surface area contributed by atoms with Crippen LogP contribution in [0.15, 0.2) is 41.4 Å². The van der Waals surface area contributed by atoms with Crippen LogP contribution in [0.1, 0.15) is 6.92 Å². The van der Waals surface area contributed by atoms with Crippen molar-refractivity contribution < 1.29 is 0 Å². The molecule has 0 amide bonds. The highest BCUT2D eigenvalue weighted by Gasteiger charge is 1.74. The summed E-state index contributed by atoms with van der Waals surface area (Å²) in [4.78, 5) is 3.82. The van der Waals surface area contributed by atoms with Crippen molar-refractivity contribution in [2.24, 2.45) is 4.99 Å². The Labute approximate surface area is 62.5 Å². The minimum absolute atomic E-state index is 1.17. The van der Waals surface area contributed by atoms with E-state index in [9.17, 15) is 0 Å². The summed E-state index contributed by atoms with van der Waals surface area (Å²) in [6.45, 7) is 5.58. The molecule has 0 radical (unpaired) electrons. The highest BCUT2D eigenvalue weighted by atomic mass is 14.6. The second-order valence-electron chi connectivity index (χ2n) is 1.91. The van der Waals surface area contributed by atoms with Gasteiger partial charge in [-0.2, -0.15) is 0 Å². The van der Waals surface area contributed by atoms with Gasteiger partial charge in [-0.25, -0.2) is 0 Å². The molecule has 0 aliphatic carbocycles. The average molecular weight is 135 g/mol. The first-order chi connectivity index (χ1) is 4.81. The summed E-state index contributed by atoms with van der Waals surface area (Å²) in [5.41, 5.74) is 1.17. The lowest BCUT2D eigenvalue weighted by Crippen LogP contribution is -1.69. The summed E-state index contributed by atoms with van der Waals surface area (Å²) < 4.78 is 0. The Morgan fingerprint density at radius 3 is 2.70 bits per heavy atom. The Morgan fingerprint density at radius 2 is 2.20 bits per heavy atom. The minimum atomic E-state index is 1.17. The molecule has 0 fully saturated rings. The van der Waals surface area contributed by atoms with Crippen molar-refractivity contribution in [3.8, 4) is 0 Å². The number of nitrogens with zero attached hydrogens (tertiary/aromatic N) is 1. The maximum Gasteiger partial charge on any atom is 0.0277 e. The van der Waals surface area contributed by atoms with Gasteiger partial charge >= 0.3 is 0 Å². The molecule has 0 spiro atoms. The van der Waals surface area contributed by atoms with Gasteiger partial charge in [0.2, 0.25) is 0 Å². The summed E-state index contributed by atoms with van der Waals surface area (Å²) in [7, 11) is 1.75. The van der Waals surface area contributed by atoms with E-state index < -0.39 is 0 Å². The van der Waals surface area contributed by atoms with E-state index in [1.54, 1.807) is 19.3 Å². The molecule has 0 aliphatic heterocycles. The van der Waals surface area contributed by atoms with Gasteiger partial charge in [0.05, 0.1) is 0 Å². The molecule has 1 heteroatoms. The minimum Gasteiger partial charge on any atom is -0.297 e. The lowest BCUT2D eigenvalue weighted by molar-refractivity contribution is 1.46. The van der Waals surface area contributed by atoms with Gasteiger partial charge in [0.1, 0.15) is 0 Å². The normalized spacial score (nSPS) is 13.2. The highest BCUT2D eigenvalue weighted by Crippen LogP contribution is 1.92. The van der Waals surface area contributed by atoms with Crippen molar-refractivity contribution in [3.63, 3.8) is 0 Å². The zero-order valence-corrected chi connectivity index (χ0v) is 6.54. The Hall–Kier alpha value is -1.11. The van der Waals surface area contributed by atoms with E-state index in [-0.39, 0.29) is 0 Å². The third-order valence-electron chi connectivity index (χ3n) is 0.982. The lowest BCUT2D eigenvalue weighted by Gasteiger charge is -1.83. The van der Waals surface area contributed by atoms with Crippen LogP contribution in [0, 0.1) is 0 Å². The van der Waals surface area contributed by atoms with Crippen LogP contribution in [0.4, 0.5) is 0 Å². The molecule has 0 aromatic rings. The Morgan fingerprint density at radius 1 is 1.50 bits per heavy atom. The van der Waals surface area contributed by atoms with Gasteiger partial charge in [0.25, 0.3) is 0 Å². The van der Waals surface area contributed by atoms with Crippen LogP contribution in [-0.2, 0) is 0 Å². The summed E-state index contributed by atoms with van der Waals surface area (Å²) in [5, 5.41) is 0. The van der Waals surface area contributed by atoms with Crippen molar-refractivity contribution in [1.29, 1.82) is 0 Å². The molecule has 0 aliphatic rings. The summed E-state index contributed by atoms with van der Waals surface area (Å²) >= 11 is 0. The molecule has 0 bridgehead atoms. The van der Waals surface area contributed by atoms with Crippen molar-refractivity contribution >= 4 is 6.21 Å². The predicted octanol–water partition coefficient (Wildman–Crippen LogP) is 2.38. The van der Waals surface area contributed by atoms with Gasteiger partial charge in [-0.15, -0.1) is 0 Å². The van der Waals surface area contributed by atoms with E-state index >= 15 is 0 Å². The number of rotatable bonds is 3. The van der Waals surface area contributed by atoms with Crippen LogP contribution in [0.3, 0.4) is 0 Å². The first-order valence-corrected chi connectivity index (χ1v) is 3.19. The molecule has 0 N–H and O–H groups in total. The van der Waals surface area contributed by atoms with Gasteiger partial charge < -0.3 is 0 Å². The maximum atomic E-state index is 3.82. The van der Waals surface area contributed by atoms with Crippen LogP contribution in [0.2, 0.25) is 0 Å². The third-order valence-corrected chi connectivity index (χ3v) is 0.982. The highest BCUT2D eigenvalue weighted by molar-refractivity contribution is 5.72. The fourth-order valence-electron chi connectivity index (χ4n) is 0.467. The van der Waals surface area contributed by atoms with Crippen molar-refractivity contribution in [2.75, 3.05) is 7.05 Å². The molecule has 0 heterocycles. The van der Waals surface area contributed by atoms with Crippen molar-refractivity contribution in [2.45, 2.75) is 6.92 Å². The molecule has 1 nitrogen and oxygen atoms in total. The molecular weight excluding hydrogens is 122 g/mol. The summed E-state index contributed by atoms with van der Waals surface area (Å²) in [6.07, 6.45) is 9.34. The van der Waals surface area contributed by atoms with E-state index in [1.165, 1.54) is 5.57 Å². The molecule has 0 aromatic heterocycles. The van der Waals surface area contributed by atoms with Gasteiger partial charge in [-0.1, -0.05) is 24.8 Å². The van der Waals surface area contributed by atoms with Gasteiger partial charge in [-0.05, 0) is 18.6 Å². The topological polar surface area (TPSA) is 12.4 Å². The summed E-state index contributed by atoms with van der Waals surface area (Å²) in [5.74, 6) is 0. The number of allylic oxidation sites excluding steroid dienone is 5. The Kier molecular flexibility index (Phi) is 5.35. The monoisotopic (exact) mass is 135 g/mol. The molecule has 0 aromatic carbocycles. The van der Waals surface area contributed by atoms with Crippen LogP contribution in [0.5, 0.6) is 0 Å². The number of hydrogen-bond donors (Lipinski definition) is 0. The van der Waals surface area contributed by atoms with Gasteiger partial charge in [0, 0.05) is 13.3 Å². The smallest absolute Gasteiger partial charge is 0.0277 e. The molecule has 0 atom stereocenters. The first-order valence-electron chi connectivity index (χ1n) is 3.19. The van der Waals surface area contributed by atoms with Crippen LogP contribution < -0.4 is 0 Å². The second kappa shape index (κ2) is 6.02. The second-order valence-corrected chi connectivity index (χ2v) is 1.91. The molecule has 0 saturated carbocycles. The van der Waals surface area contributed by atoms with E-state index in [2.05, 4.69) is 11.6 Å². The Bertz CT molecular complexity index is 173. The van der Waals surface area contributed by atoms with E-state index in [1.807, 2.05) is 25.2 Å². The van der Waals surface area contributed by atoms with Crippen molar-refractivity contribution in [1.82, 2.24) is 0 Å². The standard InChI is InChI=1S/C9H13N/c1-4-5-6-9(2)7-8-10-3/h4-8H,1H2,2-3H3/b6-5+,9-7-,10-8?. The van der Waals surface area contributed by atoms with E-state index in [4.69, 9.17) is 0 Å². The SMILES string of the molecule is C=C/C=C/C(C)=C\C=NC. The molecular formula is C9H13N. The zero-order chi connectivity index (χ0) is 7.82. The van der Waals surface area contributed by atoms with Crippen molar-refractivity contribution in [3.05, 3.63) is 36.5 Å². The molecule has 0 saturated heterocycles. The third kappa shape index (κ3) is 5.04. The Balaban J connectivity index is 3.93. The zero-order valence-electron chi connectivity index (χ0n) is 6.54. The predicted molar refractivity (Wildman–Crippen MR) is 47.5 cm³/mol. The first kappa shape index (κ1) is 8.89. The van der Waals surface area contributed by atoms with Crippen LogP contribution >= 0.6 is 0 Å². The average Bonchev–Trinajstić information content (AvgIpc) is 1.97.